The number of nitrogens with one attached hydrogen (secondary N) is 1. The van der Waals surface area contributed by atoms with Crippen LogP contribution in [0.1, 0.15) is 19.8 Å². The van der Waals surface area contributed by atoms with Gasteiger partial charge in [-0.25, -0.2) is 0 Å². The predicted molar refractivity (Wildman–Crippen MR) is 77.1 cm³/mol. The molecule has 1 aliphatic heterocycles. The zero-order chi connectivity index (χ0) is 12.1. The summed E-state index contributed by atoms with van der Waals surface area (Å²) in [7, 11) is 2.18. The fourth-order valence-electron chi connectivity index (χ4n) is 2.31. The molecule has 0 radical (unpaired) electrons. The first-order valence-electron chi connectivity index (χ1n) is 6.47. The van der Waals surface area contributed by atoms with Crippen LogP contribution in [0.25, 0.3) is 0 Å². The first-order valence-corrected chi connectivity index (χ1v) is 7.45. The minimum absolute atomic E-state index is 0.671. The lowest BCUT2D eigenvalue weighted by Gasteiger charge is -2.23. The molecule has 0 saturated carbocycles. The SMILES string of the molecule is CCSc1ccc(N(C)CC2CCCN2)cc1. The number of rotatable bonds is 5. The Morgan fingerprint density at radius 1 is 1.35 bits per heavy atom. The summed E-state index contributed by atoms with van der Waals surface area (Å²) in [6.07, 6.45) is 2.64. The number of likely N-dealkylation sites (N-methyl/N-ethyl adjacent to an activating group) is 1. The summed E-state index contributed by atoms with van der Waals surface area (Å²) < 4.78 is 0. The highest BCUT2D eigenvalue weighted by atomic mass is 32.2. The molecule has 1 aliphatic rings. The second kappa shape index (κ2) is 6.31. The molecule has 1 aromatic carbocycles. The maximum Gasteiger partial charge on any atom is 0.0364 e. The van der Waals surface area contributed by atoms with E-state index >= 15 is 0 Å². The standard InChI is InChI=1S/C14H22N2S/c1-3-17-14-8-6-13(7-9-14)16(2)11-12-5-4-10-15-12/h6-9,12,15H,3-5,10-11H2,1-2H3. The Morgan fingerprint density at radius 2 is 2.12 bits per heavy atom. The summed E-state index contributed by atoms with van der Waals surface area (Å²) in [5.41, 5.74) is 1.32. The van der Waals surface area contributed by atoms with Crippen molar-refractivity contribution in [3.63, 3.8) is 0 Å². The van der Waals surface area contributed by atoms with Crippen molar-refractivity contribution < 1.29 is 0 Å². The van der Waals surface area contributed by atoms with Gasteiger partial charge in [0.1, 0.15) is 0 Å². The van der Waals surface area contributed by atoms with E-state index in [2.05, 4.69) is 48.5 Å². The van der Waals surface area contributed by atoms with Gasteiger partial charge in [-0.3, -0.25) is 0 Å². The Bertz CT molecular complexity index is 331. The molecule has 1 fully saturated rings. The van der Waals surface area contributed by atoms with E-state index in [4.69, 9.17) is 0 Å². The smallest absolute Gasteiger partial charge is 0.0364 e. The van der Waals surface area contributed by atoms with Crippen molar-refractivity contribution in [3.05, 3.63) is 24.3 Å². The van der Waals surface area contributed by atoms with E-state index in [1.165, 1.54) is 30.0 Å². The Labute approximate surface area is 109 Å². The molecule has 1 N–H and O–H groups in total. The van der Waals surface area contributed by atoms with E-state index in [9.17, 15) is 0 Å². The molecule has 0 aliphatic carbocycles. The number of hydrogen-bond acceptors (Lipinski definition) is 3. The molecule has 1 heterocycles. The fourth-order valence-corrected chi connectivity index (χ4v) is 2.97. The van der Waals surface area contributed by atoms with Gasteiger partial charge in [0.25, 0.3) is 0 Å². The molecule has 2 rings (SSSR count). The van der Waals surface area contributed by atoms with Crippen molar-refractivity contribution in [3.8, 4) is 0 Å². The number of anilines is 1. The maximum atomic E-state index is 3.54. The van der Waals surface area contributed by atoms with Crippen LogP contribution in [0.15, 0.2) is 29.2 Å². The lowest BCUT2D eigenvalue weighted by Crippen LogP contribution is -2.35. The molecule has 17 heavy (non-hydrogen) atoms. The molecule has 3 heteroatoms. The quantitative estimate of drug-likeness (QED) is 0.809. The van der Waals surface area contributed by atoms with Gasteiger partial charge in [-0.2, -0.15) is 0 Å². The Morgan fingerprint density at radius 3 is 2.71 bits per heavy atom. The minimum atomic E-state index is 0.671. The number of nitrogens with zero attached hydrogens (tertiary/aromatic N) is 1. The van der Waals surface area contributed by atoms with E-state index in [-0.39, 0.29) is 0 Å². The molecule has 1 saturated heterocycles. The molecule has 0 amide bonds. The monoisotopic (exact) mass is 250 g/mol. The molecular weight excluding hydrogens is 228 g/mol. The summed E-state index contributed by atoms with van der Waals surface area (Å²) in [5, 5.41) is 3.54. The molecular formula is C14H22N2S. The third-order valence-corrected chi connectivity index (χ3v) is 4.14. The Hall–Kier alpha value is -0.670. The second-order valence-corrected chi connectivity index (χ2v) is 5.94. The summed E-state index contributed by atoms with van der Waals surface area (Å²) in [4.78, 5) is 3.72. The van der Waals surface area contributed by atoms with Crippen molar-refractivity contribution >= 4 is 17.4 Å². The number of benzene rings is 1. The third-order valence-electron chi connectivity index (χ3n) is 3.25. The summed E-state index contributed by atoms with van der Waals surface area (Å²) >= 11 is 1.90. The van der Waals surface area contributed by atoms with Gasteiger partial charge in [0.15, 0.2) is 0 Å². The molecule has 1 atom stereocenters. The molecule has 0 aromatic heterocycles. The summed E-state index contributed by atoms with van der Waals surface area (Å²) in [5.74, 6) is 1.14. The van der Waals surface area contributed by atoms with E-state index < -0.39 is 0 Å². The lowest BCUT2D eigenvalue weighted by atomic mass is 10.2. The van der Waals surface area contributed by atoms with Crippen LogP contribution in [0.3, 0.4) is 0 Å². The van der Waals surface area contributed by atoms with E-state index in [1.54, 1.807) is 0 Å². The van der Waals surface area contributed by atoms with Crippen molar-refractivity contribution in [2.24, 2.45) is 0 Å². The molecule has 1 unspecified atom stereocenters. The van der Waals surface area contributed by atoms with Gasteiger partial charge in [0, 0.05) is 30.2 Å². The second-order valence-electron chi connectivity index (χ2n) is 4.60. The minimum Gasteiger partial charge on any atom is -0.373 e. The highest BCUT2D eigenvalue weighted by molar-refractivity contribution is 7.99. The van der Waals surface area contributed by atoms with E-state index in [0.29, 0.717) is 6.04 Å². The van der Waals surface area contributed by atoms with Crippen LogP contribution in [0, 0.1) is 0 Å². The largest absolute Gasteiger partial charge is 0.373 e. The van der Waals surface area contributed by atoms with Crippen LogP contribution < -0.4 is 10.2 Å². The zero-order valence-corrected chi connectivity index (χ0v) is 11.6. The van der Waals surface area contributed by atoms with Crippen LogP contribution in [0.5, 0.6) is 0 Å². The topological polar surface area (TPSA) is 15.3 Å². The van der Waals surface area contributed by atoms with E-state index in [1.807, 2.05) is 11.8 Å². The van der Waals surface area contributed by atoms with Gasteiger partial charge in [-0.1, -0.05) is 6.92 Å². The van der Waals surface area contributed by atoms with Gasteiger partial charge in [-0.05, 0) is 49.4 Å². The number of hydrogen-bond donors (Lipinski definition) is 1. The van der Waals surface area contributed by atoms with Gasteiger partial charge in [0.05, 0.1) is 0 Å². The van der Waals surface area contributed by atoms with Crippen LogP contribution in [-0.4, -0.2) is 31.9 Å². The zero-order valence-electron chi connectivity index (χ0n) is 10.8. The Balaban J connectivity index is 1.91. The average Bonchev–Trinajstić information content (AvgIpc) is 2.83. The maximum absolute atomic E-state index is 3.54. The van der Waals surface area contributed by atoms with Crippen LogP contribution in [0.2, 0.25) is 0 Å². The van der Waals surface area contributed by atoms with Gasteiger partial charge >= 0.3 is 0 Å². The predicted octanol–water partition coefficient (Wildman–Crippen LogP) is 2.99. The average molecular weight is 250 g/mol. The van der Waals surface area contributed by atoms with E-state index in [0.717, 1.165) is 12.3 Å². The molecule has 0 bridgehead atoms. The van der Waals surface area contributed by atoms with Crippen molar-refractivity contribution in [2.75, 3.05) is 30.8 Å². The van der Waals surface area contributed by atoms with Gasteiger partial charge in [0.2, 0.25) is 0 Å². The van der Waals surface area contributed by atoms with Crippen LogP contribution in [-0.2, 0) is 0 Å². The molecule has 0 spiro atoms. The first-order chi connectivity index (χ1) is 8.29. The van der Waals surface area contributed by atoms with Crippen molar-refractivity contribution in [1.82, 2.24) is 5.32 Å². The lowest BCUT2D eigenvalue weighted by molar-refractivity contribution is 0.600. The normalized spacial score (nSPS) is 19.5. The highest BCUT2D eigenvalue weighted by Crippen LogP contribution is 2.22. The third kappa shape index (κ3) is 3.65. The van der Waals surface area contributed by atoms with Crippen molar-refractivity contribution in [2.45, 2.75) is 30.7 Å². The number of thioether (sulfide) groups is 1. The summed E-state index contributed by atoms with van der Waals surface area (Å²) in [6, 6.07) is 9.58. The Kier molecular flexibility index (Phi) is 4.75. The molecule has 94 valence electrons. The van der Waals surface area contributed by atoms with Gasteiger partial charge in [-0.15, -0.1) is 11.8 Å². The highest BCUT2D eigenvalue weighted by Gasteiger charge is 2.15. The van der Waals surface area contributed by atoms with Gasteiger partial charge < -0.3 is 10.2 Å². The summed E-state index contributed by atoms with van der Waals surface area (Å²) in [6.45, 7) is 4.49. The first kappa shape index (κ1) is 12.8. The van der Waals surface area contributed by atoms with Crippen LogP contribution >= 0.6 is 11.8 Å². The fraction of sp³-hybridized carbons (Fsp3) is 0.571. The van der Waals surface area contributed by atoms with Crippen molar-refractivity contribution in [1.29, 1.82) is 0 Å². The van der Waals surface area contributed by atoms with Crippen LogP contribution in [0.4, 0.5) is 5.69 Å². The molecule has 1 aromatic rings. The molecule has 2 nitrogen and oxygen atoms in total.